The molecule has 0 spiro atoms. The summed E-state index contributed by atoms with van der Waals surface area (Å²) in [5, 5.41) is 0. The van der Waals surface area contributed by atoms with E-state index in [0.717, 1.165) is 30.0 Å². The molecule has 5 nitrogen and oxygen atoms in total. The third-order valence-electron chi connectivity index (χ3n) is 4.93. The Kier molecular flexibility index (Phi) is 5.06. The molecule has 0 unspecified atom stereocenters. The highest BCUT2D eigenvalue weighted by Gasteiger charge is 2.23. The first-order valence-corrected chi connectivity index (χ1v) is 11.5. The minimum Gasteiger partial charge on any atom is -0.440 e. The van der Waals surface area contributed by atoms with Gasteiger partial charge in [-0.1, -0.05) is 31.9 Å². The van der Waals surface area contributed by atoms with Crippen molar-refractivity contribution in [2.24, 2.45) is 0 Å². The summed E-state index contributed by atoms with van der Waals surface area (Å²) in [5.74, 6) is 1.81. The molecule has 1 aliphatic rings. The number of hydrogen-bond acceptors (Lipinski definition) is 5. The summed E-state index contributed by atoms with van der Waals surface area (Å²) in [6.07, 6.45) is 7.28. The SMILES string of the molecule is CCc1ccc(NS(=O)(=O)c2ccc(-c3cnc(C4CCCC4)o3)s2)cc1. The molecule has 142 valence electrons. The van der Waals surface area contributed by atoms with Crippen LogP contribution in [0.15, 0.2) is 51.2 Å². The number of anilines is 1. The zero-order chi connectivity index (χ0) is 18.9. The summed E-state index contributed by atoms with van der Waals surface area (Å²) in [6, 6.07) is 10.8. The number of rotatable bonds is 6. The van der Waals surface area contributed by atoms with Gasteiger partial charge in [-0.3, -0.25) is 4.72 Å². The van der Waals surface area contributed by atoms with Crippen LogP contribution in [-0.2, 0) is 16.4 Å². The van der Waals surface area contributed by atoms with Gasteiger partial charge in [0, 0.05) is 11.6 Å². The van der Waals surface area contributed by atoms with Gasteiger partial charge in [0.2, 0.25) is 0 Å². The molecule has 2 heterocycles. The van der Waals surface area contributed by atoms with Crippen LogP contribution in [0.5, 0.6) is 0 Å². The van der Waals surface area contributed by atoms with Gasteiger partial charge in [0.15, 0.2) is 11.7 Å². The predicted molar refractivity (Wildman–Crippen MR) is 108 cm³/mol. The van der Waals surface area contributed by atoms with E-state index in [1.165, 1.54) is 29.7 Å². The molecule has 27 heavy (non-hydrogen) atoms. The first-order chi connectivity index (χ1) is 13.0. The molecule has 0 aliphatic heterocycles. The van der Waals surface area contributed by atoms with Gasteiger partial charge >= 0.3 is 0 Å². The molecular weight excluding hydrogens is 380 g/mol. The van der Waals surface area contributed by atoms with Crippen LogP contribution in [0.2, 0.25) is 0 Å². The van der Waals surface area contributed by atoms with Crippen molar-refractivity contribution in [3.05, 3.63) is 54.0 Å². The quantitative estimate of drug-likeness (QED) is 0.597. The molecule has 0 bridgehead atoms. The zero-order valence-corrected chi connectivity index (χ0v) is 16.8. The lowest BCUT2D eigenvalue weighted by Gasteiger charge is -2.06. The van der Waals surface area contributed by atoms with Crippen LogP contribution >= 0.6 is 11.3 Å². The highest BCUT2D eigenvalue weighted by atomic mass is 32.2. The molecule has 1 fully saturated rings. The fourth-order valence-electron chi connectivity index (χ4n) is 3.37. The molecule has 4 rings (SSSR count). The van der Waals surface area contributed by atoms with Gasteiger partial charge in [-0.25, -0.2) is 13.4 Å². The number of benzene rings is 1. The zero-order valence-electron chi connectivity index (χ0n) is 15.1. The maximum atomic E-state index is 12.7. The summed E-state index contributed by atoms with van der Waals surface area (Å²) < 4.78 is 34.1. The standard InChI is InChI=1S/C20H22N2O3S2/c1-2-14-7-9-16(10-8-14)22-27(23,24)19-12-11-18(26-19)17-13-21-20(25-17)15-5-3-4-6-15/h7-13,15,22H,2-6H2,1H3. The molecule has 1 aromatic carbocycles. The molecule has 2 aromatic heterocycles. The van der Waals surface area contributed by atoms with E-state index in [1.54, 1.807) is 30.5 Å². The Morgan fingerprint density at radius 1 is 1.15 bits per heavy atom. The second-order valence-electron chi connectivity index (χ2n) is 6.82. The smallest absolute Gasteiger partial charge is 0.271 e. The van der Waals surface area contributed by atoms with Crippen molar-refractivity contribution in [3.63, 3.8) is 0 Å². The number of nitrogens with one attached hydrogen (secondary N) is 1. The first-order valence-electron chi connectivity index (χ1n) is 9.23. The first kappa shape index (κ1) is 18.3. The minimum atomic E-state index is -3.62. The topological polar surface area (TPSA) is 72.2 Å². The fourth-order valence-corrected chi connectivity index (χ4v) is 5.69. The lowest BCUT2D eigenvalue weighted by molar-refractivity contribution is 0.458. The van der Waals surface area contributed by atoms with E-state index in [9.17, 15) is 8.42 Å². The largest absolute Gasteiger partial charge is 0.440 e. The minimum absolute atomic E-state index is 0.260. The number of nitrogens with zero attached hydrogens (tertiary/aromatic N) is 1. The maximum Gasteiger partial charge on any atom is 0.271 e. The molecule has 1 N–H and O–H groups in total. The molecule has 0 radical (unpaired) electrons. The van der Waals surface area contributed by atoms with Crippen molar-refractivity contribution in [1.82, 2.24) is 4.98 Å². The third-order valence-corrected chi connectivity index (χ3v) is 7.90. The van der Waals surface area contributed by atoms with E-state index in [0.29, 0.717) is 17.4 Å². The summed E-state index contributed by atoms with van der Waals surface area (Å²) >= 11 is 1.19. The Morgan fingerprint density at radius 2 is 1.89 bits per heavy atom. The second kappa shape index (κ2) is 7.48. The number of oxazole rings is 1. The normalized spacial score (nSPS) is 15.3. The van der Waals surface area contributed by atoms with E-state index in [2.05, 4.69) is 16.6 Å². The van der Waals surface area contributed by atoms with Crippen molar-refractivity contribution < 1.29 is 12.8 Å². The Labute approximate surface area is 163 Å². The monoisotopic (exact) mass is 402 g/mol. The van der Waals surface area contributed by atoms with Crippen molar-refractivity contribution in [2.75, 3.05) is 4.72 Å². The highest BCUT2D eigenvalue weighted by molar-refractivity contribution is 7.94. The number of hydrogen-bond donors (Lipinski definition) is 1. The van der Waals surface area contributed by atoms with Crippen molar-refractivity contribution in [1.29, 1.82) is 0 Å². The van der Waals surface area contributed by atoms with E-state index < -0.39 is 10.0 Å². The fraction of sp³-hybridized carbons (Fsp3) is 0.350. The third kappa shape index (κ3) is 3.94. The average Bonchev–Trinajstić information content (AvgIpc) is 3.42. The van der Waals surface area contributed by atoms with Crippen molar-refractivity contribution >= 4 is 27.0 Å². The van der Waals surface area contributed by atoms with Crippen LogP contribution in [0.4, 0.5) is 5.69 Å². The van der Waals surface area contributed by atoms with Crippen LogP contribution in [0.3, 0.4) is 0 Å². The average molecular weight is 403 g/mol. The lowest BCUT2D eigenvalue weighted by atomic mass is 10.1. The lowest BCUT2D eigenvalue weighted by Crippen LogP contribution is -2.11. The molecule has 3 aromatic rings. The second-order valence-corrected chi connectivity index (χ2v) is 9.81. The molecule has 7 heteroatoms. The van der Waals surface area contributed by atoms with Crippen LogP contribution < -0.4 is 4.72 Å². The van der Waals surface area contributed by atoms with Gasteiger partial charge in [0.1, 0.15) is 4.21 Å². The van der Waals surface area contributed by atoms with Crippen molar-refractivity contribution in [2.45, 2.75) is 49.2 Å². The maximum absolute atomic E-state index is 12.7. The number of sulfonamides is 1. The van der Waals surface area contributed by atoms with Gasteiger partial charge in [-0.15, -0.1) is 11.3 Å². The molecule has 0 saturated heterocycles. The highest BCUT2D eigenvalue weighted by Crippen LogP contribution is 2.37. The Hall–Kier alpha value is -2.12. The van der Waals surface area contributed by atoms with Gasteiger partial charge in [-0.05, 0) is 49.1 Å². The Morgan fingerprint density at radius 3 is 2.59 bits per heavy atom. The number of aromatic nitrogens is 1. The van der Waals surface area contributed by atoms with Gasteiger partial charge in [0.05, 0.1) is 11.1 Å². The van der Waals surface area contributed by atoms with Crippen LogP contribution in [0.1, 0.15) is 50.0 Å². The van der Waals surface area contributed by atoms with Crippen LogP contribution in [0, 0.1) is 0 Å². The molecule has 0 amide bonds. The number of thiophene rings is 1. The summed E-state index contributed by atoms with van der Waals surface area (Å²) in [4.78, 5) is 5.18. The van der Waals surface area contributed by atoms with Gasteiger partial charge in [0.25, 0.3) is 10.0 Å². The van der Waals surface area contributed by atoms with E-state index in [-0.39, 0.29) is 4.21 Å². The predicted octanol–water partition coefficient (Wildman–Crippen LogP) is 5.42. The van der Waals surface area contributed by atoms with Gasteiger partial charge in [-0.2, -0.15) is 0 Å². The van der Waals surface area contributed by atoms with E-state index in [1.807, 2.05) is 12.1 Å². The molecule has 0 atom stereocenters. The van der Waals surface area contributed by atoms with Crippen LogP contribution in [0.25, 0.3) is 10.6 Å². The summed E-state index contributed by atoms with van der Waals surface area (Å²) in [6.45, 7) is 2.06. The Balaban J connectivity index is 1.52. The summed E-state index contributed by atoms with van der Waals surface area (Å²) in [7, 11) is -3.62. The van der Waals surface area contributed by atoms with Crippen molar-refractivity contribution in [3.8, 4) is 10.6 Å². The molecular formula is C20H22N2O3S2. The molecule has 1 saturated carbocycles. The van der Waals surface area contributed by atoms with Gasteiger partial charge < -0.3 is 4.42 Å². The van der Waals surface area contributed by atoms with E-state index in [4.69, 9.17) is 4.42 Å². The van der Waals surface area contributed by atoms with Crippen LogP contribution in [-0.4, -0.2) is 13.4 Å². The Bertz CT molecular complexity index is 1010. The number of aryl methyl sites for hydroxylation is 1. The van der Waals surface area contributed by atoms with E-state index >= 15 is 0 Å². The molecule has 1 aliphatic carbocycles. The summed E-state index contributed by atoms with van der Waals surface area (Å²) in [5.41, 5.74) is 1.73.